The van der Waals surface area contributed by atoms with Gasteiger partial charge in [-0.15, -0.1) is 11.3 Å². The fourth-order valence-corrected chi connectivity index (χ4v) is 3.67. The zero-order chi connectivity index (χ0) is 17.2. The Labute approximate surface area is 150 Å². The third-order valence-electron chi connectivity index (χ3n) is 4.29. The smallest absolute Gasteiger partial charge is 0.163 e. The quantitative estimate of drug-likeness (QED) is 0.751. The van der Waals surface area contributed by atoms with Crippen LogP contribution in [0.3, 0.4) is 0 Å². The molecule has 25 heavy (non-hydrogen) atoms. The summed E-state index contributed by atoms with van der Waals surface area (Å²) in [5.74, 6) is 1.61. The Morgan fingerprint density at radius 2 is 2.20 bits per heavy atom. The number of aryl methyl sites for hydroxylation is 1. The van der Waals surface area contributed by atoms with Gasteiger partial charge in [0, 0.05) is 35.4 Å². The van der Waals surface area contributed by atoms with Crippen molar-refractivity contribution < 1.29 is 0 Å². The molecule has 1 atom stereocenters. The number of thiazole rings is 1. The average molecular weight is 352 g/mol. The minimum Gasteiger partial charge on any atom is -0.362 e. The van der Waals surface area contributed by atoms with Gasteiger partial charge in [0.05, 0.1) is 22.4 Å². The summed E-state index contributed by atoms with van der Waals surface area (Å²) in [6.07, 6.45) is 4.48. The number of anilines is 1. The maximum atomic E-state index is 4.81. The largest absolute Gasteiger partial charge is 0.362 e. The van der Waals surface area contributed by atoms with Crippen LogP contribution in [0.4, 0.5) is 5.82 Å². The zero-order valence-corrected chi connectivity index (χ0v) is 15.1. The van der Waals surface area contributed by atoms with Crippen LogP contribution in [-0.2, 0) is 13.0 Å². The van der Waals surface area contributed by atoms with E-state index in [1.165, 1.54) is 5.56 Å². The molecule has 3 aromatic heterocycles. The topological polar surface area (TPSA) is 75.6 Å². The van der Waals surface area contributed by atoms with Gasteiger partial charge in [-0.1, -0.05) is 0 Å². The van der Waals surface area contributed by atoms with E-state index in [4.69, 9.17) is 9.97 Å². The second-order valence-corrected chi connectivity index (χ2v) is 7.21. The van der Waals surface area contributed by atoms with Crippen LogP contribution in [0.2, 0.25) is 0 Å². The summed E-state index contributed by atoms with van der Waals surface area (Å²) in [7, 11) is 0. The van der Waals surface area contributed by atoms with E-state index in [2.05, 4.69) is 32.9 Å². The molecule has 6 nitrogen and oxygen atoms in total. The number of pyridine rings is 1. The Hall–Kier alpha value is -2.38. The third kappa shape index (κ3) is 3.38. The van der Waals surface area contributed by atoms with Crippen molar-refractivity contribution in [3.63, 3.8) is 0 Å². The molecule has 1 aliphatic heterocycles. The highest BCUT2D eigenvalue weighted by molar-refractivity contribution is 7.09. The molecular formula is C18H20N6S. The predicted molar refractivity (Wildman–Crippen MR) is 99.6 cm³/mol. The summed E-state index contributed by atoms with van der Waals surface area (Å²) in [4.78, 5) is 18.4. The molecule has 4 heterocycles. The first kappa shape index (κ1) is 16.1. The minimum absolute atomic E-state index is 0.0978. The molecule has 0 spiro atoms. The van der Waals surface area contributed by atoms with E-state index in [-0.39, 0.29) is 6.04 Å². The summed E-state index contributed by atoms with van der Waals surface area (Å²) in [6, 6.07) is 3.99. The lowest BCUT2D eigenvalue weighted by Crippen LogP contribution is -2.27. The molecule has 128 valence electrons. The van der Waals surface area contributed by atoms with Gasteiger partial charge >= 0.3 is 0 Å². The van der Waals surface area contributed by atoms with Crippen LogP contribution < -0.4 is 10.6 Å². The van der Waals surface area contributed by atoms with Gasteiger partial charge in [-0.2, -0.15) is 0 Å². The Kier molecular flexibility index (Phi) is 4.42. The molecule has 0 saturated carbocycles. The predicted octanol–water partition coefficient (Wildman–Crippen LogP) is 3.12. The van der Waals surface area contributed by atoms with E-state index >= 15 is 0 Å². The van der Waals surface area contributed by atoms with E-state index in [1.807, 2.05) is 19.1 Å². The first-order valence-corrected chi connectivity index (χ1v) is 9.28. The number of fused-ring (bicyclic) bond motifs is 1. The molecule has 1 aliphatic rings. The molecule has 2 N–H and O–H groups in total. The van der Waals surface area contributed by atoms with Gasteiger partial charge in [0.2, 0.25) is 0 Å². The van der Waals surface area contributed by atoms with Gasteiger partial charge in [0.15, 0.2) is 5.82 Å². The van der Waals surface area contributed by atoms with Crippen LogP contribution in [0.1, 0.15) is 34.9 Å². The lowest BCUT2D eigenvalue weighted by atomic mass is 10.1. The van der Waals surface area contributed by atoms with Crippen molar-refractivity contribution in [2.45, 2.75) is 32.9 Å². The summed E-state index contributed by atoms with van der Waals surface area (Å²) >= 11 is 1.67. The molecule has 0 saturated heterocycles. The number of nitrogens with zero attached hydrogens (tertiary/aromatic N) is 4. The van der Waals surface area contributed by atoms with Gasteiger partial charge in [-0.3, -0.25) is 4.98 Å². The molecule has 7 heteroatoms. The SMILES string of the molecule is Cc1nc(C(C)Nc2nc(-c3cccnc3)nc3c2CCNC3)cs1. The van der Waals surface area contributed by atoms with Crippen molar-refractivity contribution in [3.8, 4) is 11.4 Å². The Morgan fingerprint density at radius 1 is 1.28 bits per heavy atom. The van der Waals surface area contributed by atoms with Crippen molar-refractivity contribution in [1.82, 2.24) is 25.3 Å². The molecule has 0 amide bonds. The zero-order valence-electron chi connectivity index (χ0n) is 14.3. The standard InChI is InChI=1S/C18H20N6S/c1-11(16-10-25-12(2)22-16)21-18-14-5-7-20-9-15(14)23-17(24-18)13-4-3-6-19-8-13/h3-4,6,8,10-11,20H,5,7,9H2,1-2H3,(H,21,23,24). The second kappa shape index (κ2) is 6.85. The Balaban J connectivity index is 1.72. The van der Waals surface area contributed by atoms with E-state index in [9.17, 15) is 0 Å². The van der Waals surface area contributed by atoms with Crippen molar-refractivity contribution in [2.75, 3.05) is 11.9 Å². The Morgan fingerprint density at radius 3 is 2.96 bits per heavy atom. The van der Waals surface area contributed by atoms with Gasteiger partial charge in [-0.25, -0.2) is 15.0 Å². The minimum atomic E-state index is 0.0978. The first-order valence-electron chi connectivity index (χ1n) is 8.40. The second-order valence-electron chi connectivity index (χ2n) is 6.15. The van der Waals surface area contributed by atoms with E-state index < -0.39 is 0 Å². The van der Waals surface area contributed by atoms with Crippen LogP contribution >= 0.6 is 11.3 Å². The summed E-state index contributed by atoms with van der Waals surface area (Å²) in [5, 5.41) is 10.1. The number of aromatic nitrogens is 4. The summed E-state index contributed by atoms with van der Waals surface area (Å²) in [6.45, 7) is 5.86. The Bertz CT molecular complexity index is 877. The summed E-state index contributed by atoms with van der Waals surface area (Å²) in [5.41, 5.74) is 4.23. The highest BCUT2D eigenvalue weighted by atomic mass is 32.1. The van der Waals surface area contributed by atoms with Crippen molar-refractivity contribution >= 4 is 17.2 Å². The van der Waals surface area contributed by atoms with Gasteiger partial charge < -0.3 is 10.6 Å². The molecular weight excluding hydrogens is 332 g/mol. The molecule has 0 aromatic carbocycles. The van der Waals surface area contributed by atoms with Gasteiger partial charge in [0.25, 0.3) is 0 Å². The molecule has 3 aromatic rings. The maximum absolute atomic E-state index is 4.81. The lowest BCUT2D eigenvalue weighted by molar-refractivity contribution is 0.623. The first-order chi connectivity index (χ1) is 12.2. The van der Waals surface area contributed by atoms with Crippen LogP contribution in [-0.4, -0.2) is 26.5 Å². The van der Waals surface area contributed by atoms with Gasteiger partial charge in [-0.05, 0) is 38.9 Å². The number of hydrogen-bond donors (Lipinski definition) is 2. The number of rotatable bonds is 4. The number of hydrogen-bond acceptors (Lipinski definition) is 7. The lowest BCUT2D eigenvalue weighted by Gasteiger charge is -2.22. The van der Waals surface area contributed by atoms with Crippen LogP contribution in [0.15, 0.2) is 29.9 Å². The average Bonchev–Trinajstić information content (AvgIpc) is 3.09. The van der Waals surface area contributed by atoms with E-state index in [0.29, 0.717) is 5.82 Å². The molecule has 4 rings (SSSR count). The highest BCUT2D eigenvalue weighted by Crippen LogP contribution is 2.28. The monoisotopic (exact) mass is 352 g/mol. The summed E-state index contributed by atoms with van der Waals surface area (Å²) < 4.78 is 0. The molecule has 0 bridgehead atoms. The van der Waals surface area contributed by atoms with Crippen LogP contribution in [0.25, 0.3) is 11.4 Å². The van der Waals surface area contributed by atoms with Gasteiger partial charge in [0.1, 0.15) is 5.82 Å². The number of nitrogens with one attached hydrogen (secondary N) is 2. The molecule has 0 aliphatic carbocycles. The van der Waals surface area contributed by atoms with E-state index in [1.54, 1.807) is 23.7 Å². The molecule has 0 fully saturated rings. The molecule has 1 unspecified atom stereocenters. The van der Waals surface area contributed by atoms with Crippen molar-refractivity contribution in [2.24, 2.45) is 0 Å². The normalized spacial score (nSPS) is 14.8. The van der Waals surface area contributed by atoms with Crippen molar-refractivity contribution in [3.05, 3.63) is 51.9 Å². The maximum Gasteiger partial charge on any atom is 0.163 e. The highest BCUT2D eigenvalue weighted by Gasteiger charge is 2.20. The van der Waals surface area contributed by atoms with Crippen molar-refractivity contribution in [1.29, 1.82) is 0 Å². The fourth-order valence-electron chi connectivity index (χ4n) is 2.96. The van der Waals surface area contributed by atoms with Crippen LogP contribution in [0, 0.1) is 6.92 Å². The van der Waals surface area contributed by atoms with Crippen LogP contribution in [0.5, 0.6) is 0 Å². The fraction of sp³-hybridized carbons (Fsp3) is 0.333. The molecule has 0 radical (unpaired) electrons. The van der Waals surface area contributed by atoms with E-state index in [0.717, 1.165) is 47.3 Å². The third-order valence-corrected chi connectivity index (χ3v) is 5.08.